The van der Waals surface area contributed by atoms with Crippen molar-refractivity contribution in [1.29, 1.82) is 0 Å². The third-order valence-corrected chi connectivity index (χ3v) is 4.18. The number of hydrogen-bond acceptors (Lipinski definition) is 5. The van der Waals surface area contributed by atoms with Gasteiger partial charge in [-0.1, -0.05) is 25.1 Å². The highest BCUT2D eigenvalue weighted by atomic mass is 32.2. The quantitative estimate of drug-likeness (QED) is 0.456. The van der Waals surface area contributed by atoms with Gasteiger partial charge in [-0.25, -0.2) is 0 Å². The van der Waals surface area contributed by atoms with Gasteiger partial charge in [-0.05, 0) is 18.6 Å². The van der Waals surface area contributed by atoms with Crippen molar-refractivity contribution in [3.05, 3.63) is 30.3 Å². The molecule has 21 heavy (non-hydrogen) atoms. The summed E-state index contributed by atoms with van der Waals surface area (Å²) in [5.41, 5.74) is 0. The zero-order valence-electron chi connectivity index (χ0n) is 12.3. The molecule has 0 aliphatic rings. The molecular formula is C14H19NO5S. The molecule has 1 rings (SSSR count). The van der Waals surface area contributed by atoms with E-state index in [0.717, 1.165) is 0 Å². The molecule has 7 heteroatoms. The molecule has 0 amide bonds. The first-order valence-electron chi connectivity index (χ1n) is 6.41. The Morgan fingerprint density at radius 2 is 1.81 bits per heavy atom. The average molecular weight is 313 g/mol. The summed E-state index contributed by atoms with van der Waals surface area (Å²) in [5.74, 6) is -0.599. The van der Waals surface area contributed by atoms with Crippen molar-refractivity contribution in [2.75, 3.05) is 14.2 Å². The molecular weight excluding hydrogens is 294 g/mol. The Bertz CT molecular complexity index is 595. The normalized spacial score (nSPS) is 13.6. The third-order valence-electron chi connectivity index (χ3n) is 2.89. The van der Waals surface area contributed by atoms with Crippen molar-refractivity contribution in [3.63, 3.8) is 0 Å². The minimum atomic E-state index is -3.81. The van der Waals surface area contributed by atoms with E-state index in [4.69, 9.17) is 4.74 Å². The van der Waals surface area contributed by atoms with Crippen molar-refractivity contribution in [2.45, 2.75) is 24.7 Å². The number of nitrogens with zero attached hydrogens (tertiary/aromatic N) is 1. The number of hydrogen-bond donors (Lipinski definition) is 0. The second kappa shape index (κ2) is 7.78. The lowest BCUT2D eigenvalue weighted by Gasteiger charge is -2.12. The predicted molar refractivity (Wildman–Crippen MR) is 78.5 cm³/mol. The van der Waals surface area contributed by atoms with E-state index in [0.29, 0.717) is 6.42 Å². The van der Waals surface area contributed by atoms with Gasteiger partial charge in [0, 0.05) is 12.3 Å². The molecule has 116 valence electrons. The fourth-order valence-corrected chi connectivity index (χ4v) is 2.75. The lowest BCUT2D eigenvalue weighted by molar-refractivity contribution is -0.140. The van der Waals surface area contributed by atoms with E-state index < -0.39 is 10.0 Å². The first kappa shape index (κ1) is 17.2. The van der Waals surface area contributed by atoms with Gasteiger partial charge in [0.05, 0.1) is 19.1 Å². The maximum Gasteiger partial charge on any atom is 0.305 e. The van der Waals surface area contributed by atoms with E-state index in [9.17, 15) is 13.2 Å². The zero-order chi connectivity index (χ0) is 15.9. The minimum Gasteiger partial charge on any atom is -0.483 e. The summed E-state index contributed by atoms with van der Waals surface area (Å²) in [4.78, 5) is 11.2. The molecule has 0 aromatic heterocycles. The molecule has 1 aromatic rings. The SMILES string of the molecule is COC(=O)CCC(C)/C(=N\S(=O)(=O)c1ccccc1)OC. The Morgan fingerprint density at radius 3 is 2.33 bits per heavy atom. The van der Waals surface area contributed by atoms with Crippen LogP contribution in [0.15, 0.2) is 39.6 Å². The number of rotatable bonds is 6. The van der Waals surface area contributed by atoms with Crippen LogP contribution < -0.4 is 0 Å². The second-order valence-corrected chi connectivity index (χ2v) is 6.04. The molecule has 6 nitrogen and oxygen atoms in total. The van der Waals surface area contributed by atoms with Crippen LogP contribution in [0.2, 0.25) is 0 Å². The maximum atomic E-state index is 12.1. The number of sulfonamides is 1. The summed E-state index contributed by atoms with van der Waals surface area (Å²) in [6.07, 6.45) is 0.565. The van der Waals surface area contributed by atoms with Gasteiger partial charge in [0.15, 0.2) is 0 Å². The van der Waals surface area contributed by atoms with Crippen LogP contribution >= 0.6 is 0 Å². The monoisotopic (exact) mass is 313 g/mol. The van der Waals surface area contributed by atoms with Crippen LogP contribution in [0.5, 0.6) is 0 Å². The Morgan fingerprint density at radius 1 is 1.19 bits per heavy atom. The van der Waals surface area contributed by atoms with E-state index in [1.165, 1.54) is 26.4 Å². The molecule has 0 saturated carbocycles. The van der Waals surface area contributed by atoms with Crippen molar-refractivity contribution in [1.82, 2.24) is 0 Å². The van der Waals surface area contributed by atoms with E-state index in [1.807, 2.05) is 0 Å². The van der Waals surface area contributed by atoms with Crippen molar-refractivity contribution >= 4 is 21.9 Å². The van der Waals surface area contributed by atoms with Gasteiger partial charge in [0.1, 0.15) is 0 Å². The van der Waals surface area contributed by atoms with Crippen molar-refractivity contribution in [2.24, 2.45) is 10.3 Å². The standard InChI is InChI=1S/C14H19NO5S/c1-11(9-10-13(16)19-2)14(20-3)15-21(17,18)12-7-5-4-6-8-12/h4-8,11H,9-10H2,1-3H3/b15-14+. The molecule has 0 aliphatic carbocycles. The zero-order valence-corrected chi connectivity index (χ0v) is 13.1. The van der Waals surface area contributed by atoms with Gasteiger partial charge in [0.2, 0.25) is 5.90 Å². The number of methoxy groups -OCH3 is 2. The summed E-state index contributed by atoms with van der Waals surface area (Å²) in [6, 6.07) is 7.89. The number of ether oxygens (including phenoxy) is 2. The summed E-state index contributed by atoms with van der Waals surface area (Å²) in [6.45, 7) is 1.74. The average Bonchev–Trinajstić information content (AvgIpc) is 2.50. The van der Waals surface area contributed by atoms with E-state index in [-0.39, 0.29) is 29.1 Å². The van der Waals surface area contributed by atoms with Gasteiger partial charge in [-0.15, -0.1) is 4.40 Å². The van der Waals surface area contributed by atoms with Crippen molar-refractivity contribution in [3.8, 4) is 0 Å². The molecule has 0 spiro atoms. The highest BCUT2D eigenvalue weighted by Crippen LogP contribution is 2.16. The van der Waals surface area contributed by atoms with Gasteiger partial charge < -0.3 is 9.47 Å². The highest BCUT2D eigenvalue weighted by Gasteiger charge is 2.19. The first-order chi connectivity index (χ1) is 9.90. The van der Waals surface area contributed by atoms with E-state index >= 15 is 0 Å². The smallest absolute Gasteiger partial charge is 0.305 e. The van der Waals surface area contributed by atoms with Crippen LogP contribution in [0.4, 0.5) is 0 Å². The third kappa shape index (κ3) is 5.18. The summed E-state index contributed by atoms with van der Waals surface area (Å²) >= 11 is 0. The van der Waals surface area contributed by atoms with Gasteiger partial charge in [-0.3, -0.25) is 4.79 Å². The molecule has 0 heterocycles. The lowest BCUT2D eigenvalue weighted by Crippen LogP contribution is -2.17. The van der Waals surface area contributed by atoms with Crippen LogP contribution in [-0.4, -0.2) is 34.5 Å². The summed E-state index contributed by atoms with van der Waals surface area (Å²) in [5, 5.41) is 0. The molecule has 0 aliphatic heterocycles. The van der Waals surface area contributed by atoms with E-state index in [1.54, 1.807) is 25.1 Å². The molecule has 0 radical (unpaired) electrons. The number of esters is 1. The molecule has 0 bridgehead atoms. The number of benzene rings is 1. The molecule has 0 fully saturated rings. The Labute approximate surface area is 124 Å². The van der Waals surface area contributed by atoms with E-state index in [2.05, 4.69) is 9.13 Å². The molecule has 0 N–H and O–H groups in total. The lowest BCUT2D eigenvalue weighted by atomic mass is 10.1. The fraction of sp³-hybridized carbons (Fsp3) is 0.429. The Kier molecular flexibility index (Phi) is 6.36. The molecule has 1 unspecified atom stereocenters. The minimum absolute atomic E-state index is 0.0720. The van der Waals surface area contributed by atoms with Gasteiger partial charge >= 0.3 is 5.97 Å². The van der Waals surface area contributed by atoms with Crippen LogP contribution in [0, 0.1) is 5.92 Å². The van der Waals surface area contributed by atoms with Crippen LogP contribution in [-0.2, 0) is 24.3 Å². The highest BCUT2D eigenvalue weighted by molar-refractivity contribution is 7.90. The largest absolute Gasteiger partial charge is 0.483 e. The molecule has 1 aromatic carbocycles. The number of carbonyl (C=O) groups is 1. The summed E-state index contributed by atoms with van der Waals surface area (Å²) < 4.78 is 37.6. The fourth-order valence-electron chi connectivity index (χ4n) is 1.65. The van der Waals surface area contributed by atoms with Crippen LogP contribution in [0.25, 0.3) is 0 Å². The van der Waals surface area contributed by atoms with Crippen LogP contribution in [0.1, 0.15) is 19.8 Å². The second-order valence-electron chi connectivity index (χ2n) is 4.44. The molecule has 1 atom stereocenters. The number of carbonyl (C=O) groups excluding carboxylic acids is 1. The Hall–Kier alpha value is -1.89. The Balaban J connectivity index is 2.90. The van der Waals surface area contributed by atoms with Gasteiger partial charge in [0.25, 0.3) is 10.0 Å². The predicted octanol–water partition coefficient (Wildman–Crippen LogP) is 2.01. The van der Waals surface area contributed by atoms with Crippen molar-refractivity contribution < 1.29 is 22.7 Å². The van der Waals surface area contributed by atoms with Gasteiger partial charge in [-0.2, -0.15) is 8.42 Å². The first-order valence-corrected chi connectivity index (χ1v) is 7.85. The maximum absolute atomic E-state index is 12.1. The summed E-state index contributed by atoms with van der Waals surface area (Å²) in [7, 11) is -1.16. The topological polar surface area (TPSA) is 82.0 Å². The molecule has 0 saturated heterocycles. The van der Waals surface area contributed by atoms with Crippen LogP contribution in [0.3, 0.4) is 0 Å².